The van der Waals surface area contributed by atoms with Crippen LogP contribution in [0.15, 0.2) is 54.9 Å². The van der Waals surface area contributed by atoms with Crippen molar-refractivity contribution in [2.75, 3.05) is 0 Å². The molecule has 0 aliphatic rings. The van der Waals surface area contributed by atoms with E-state index < -0.39 is 0 Å². The van der Waals surface area contributed by atoms with Crippen LogP contribution in [0, 0.1) is 0 Å². The predicted octanol–water partition coefficient (Wildman–Crippen LogP) is 4.10. The first-order valence-electron chi connectivity index (χ1n) is 6.37. The van der Waals surface area contributed by atoms with E-state index >= 15 is 0 Å². The fraction of sp³-hybridized carbons (Fsp3) is 0.188. The Kier molecular flexibility index (Phi) is 2.85. The Labute approximate surface area is 107 Å². The molecule has 0 fully saturated rings. The Hall–Kier alpha value is -2.09. The summed E-state index contributed by atoms with van der Waals surface area (Å²) in [5, 5.41) is 1.23. The third-order valence-corrected chi connectivity index (χ3v) is 3.47. The molecule has 3 rings (SSSR count). The molecule has 1 unspecified atom stereocenters. The highest BCUT2D eigenvalue weighted by Crippen LogP contribution is 2.32. The van der Waals surface area contributed by atoms with E-state index in [1.165, 1.54) is 16.5 Å². The highest BCUT2D eigenvalue weighted by molar-refractivity contribution is 5.80. The Bertz CT molecular complexity index is 640. The van der Waals surface area contributed by atoms with Crippen LogP contribution in [-0.4, -0.2) is 9.97 Å². The van der Waals surface area contributed by atoms with Crippen molar-refractivity contribution in [3.8, 4) is 0 Å². The summed E-state index contributed by atoms with van der Waals surface area (Å²) < 4.78 is 0. The number of H-pyrrole nitrogens is 1. The molecule has 1 N–H and O–H groups in total. The molecular formula is C16H16N2. The second-order valence-corrected chi connectivity index (χ2v) is 4.52. The van der Waals surface area contributed by atoms with E-state index in [4.69, 9.17) is 0 Å². The third-order valence-electron chi connectivity index (χ3n) is 3.47. The summed E-state index contributed by atoms with van der Waals surface area (Å²) in [5.74, 6) is 0.434. The van der Waals surface area contributed by atoms with Gasteiger partial charge in [0, 0.05) is 23.7 Å². The Morgan fingerprint density at radius 3 is 2.72 bits per heavy atom. The summed E-state index contributed by atoms with van der Waals surface area (Å²) in [6.45, 7) is 2.23. The van der Waals surface area contributed by atoms with Gasteiger partial charge in [-0.2, -0.15) is 0 Å². The molecule has 0 saturated heterocycles. The normalized spacial score (nSPS) is 12.7. The van der Waals surface area contributed by atoms with E-state index in [1.54, 1.807) is 0 Å². The van der Waals surface area contributed by atoms with E-state index in [0.717, 1.165) is 12.1 Å². The van der Waals surface area contributed by atoms with Crippen LogP contribution in [0.25, 0.3) is 11.0 Å². The van der Waals surface area contributed by atoms with E-state index in [-0.39, 0.29) is 0 Å². The number of pyridine rings is 1. The minimum atomic E-state index is 0.434. The van der Waals surface area contributed by atoms with Gasteiger partial charge in [-0.1, -0.05) is 37.3 Å². The second kappa shape index (κ2) is 4.65. The van der Waals surface area contributed by atoms with Gasteiger partial charge < -0.3 is 4.98 Å². The van der Waals surface area contributed by atoms with Crippen LogP contribution in [0.1, 0.15) is 30.4 Å². The third kappa shape index (κ3) is 1.80. The first-order chi connectivity index (χ1) is 8.90. The van der Waals surface area contributed by atoms with Crippen molar-refractivity contribution in [2.24, 2.45) is 0 Å². The number of hydrogen-bond donors (Lipinski definition) is 1. The van der Waals surface area contributed by atoms with Gasteiger partial charge in [-0.05, 0) is 29.7 Å². The largest absolute Gasteiger partial charge is 0.346 e. The summed E-state index contributed by atoms with van der Waals surface area (Å²) in [5.41, 5.74) is 3.68. The van der Waals surface area contributed by atoms with E-state index in [0.29, 0.717) is 5.92 Å². The molecule has 1 atom stereocenters. The van der Waals surface area contributed by atoms with Crippen molar-refractivity contribution >= 4 is 11.0 Å². The van der Waals surface area contributed by atoms with Gasteiger partial charge in [-0.3, -0.25) is 0 Å². The molecule has 2 heteroatoms. The van der Waals surface area contributed by atoms with Gasteiger partial charge in [0.2, 0.25) is 0 Å². The molecule has 0 spiro atoms. The summed E-state index contributed by atoms with van der Waals surface area (Å²) in [6.07, 6.45) is 5.01. The SMILES string of the molecule is CCC(c1ccccc1)c1c[nH]c2ncccc12. The first kappa shape index (κ1) is 11.0. The van der Waals surface area contributed by atoms with Gasteiger partial charge in [-0.25, -0.2) is 4.98 Å². The molecular weight excluding hydrogens is 220 g/mol. The zero-order valence-corrected chi connectivity index (χ0v) is 10.4. The lowest BCUT2D eigenvalue weighted by atomic mass is 9.89. The van der Waals surface area contributed by atoms with Crippen LogP contribution in [0.2, 0.25) is 0 Å². The van der Waals surface area contributed by atoms with E-state index in [1.807, 2.05) is 12.3 Å². The van der Waals surface area contributed by atoms with E-state index in [2.05, 4.69) is 59.5 Å². The molecule has 2 aromatic heterocycles. The molecule has 0 amide bonds. The Morgan fingerprint density at radius 1 is 1.11 bits per heavy atom. The molecule has 0 aliphatic heterocycles. The van der Waals surface area contributed by atoms with Gasteiger partial charge >= 0.3 is 0 Å². The molecule has 2 heterocycles. The minimum absolute atomic E-state index is 0.434. The summed E-state index contributed by atoms with van der Waals surface area (Å²) in [4.78, 5) is 7.62. The van der Waals surface area contributed by atoms with Crippen LogP contribution in [0.4, 0.5) is 0 Å². The molecule has 2 nitrogen and oxygen atoms in total. The smallest absolute Gasteiger partial charge is 0.137 e. The number of nitrogens with zero attached hydrogens (tertiary/aromatic N) is 1. The number of rotatable bonds is 3. The van der Waals surface area contributed by atoms with Gasteiger partial charge in [0.05, 0.1) is 0 Å². The van der Waals surface area contributed by atoms with Crippen molar-refractivity contribution in [1.29, 1.82) is 0 Å². The molecule has 0 bridgehead atoms. The van der Waals surface area contributed by atoms with Crippen molar-refractivity contribution in [1.82, 2.24) is 9.97 Å². The first-order valence-corrected chi connectivity index (χ1v) is 6.37. The number of benzene rings is 1. The van der Waals surface area contributed by atoms with Crippen molar-refractivity contribution < 1.29 is 0 Å². The summed E-state index contributed by atoms with van der Waals surface area (Å²) in [7, 11) is 0. The van der Waals surface area contributed by atoms with Gasteiger partial charge in [0.15, 0.2) is 0 Å². The van der Waals surface area contributed by atoms with Gasteiger partial charge in [0.1, 0.15) is 5.65 Å². The number of aromatic nitrogens is 2. The lowest BCUT2D eigenvalue weighted by Crippen LogP contribution is -1.98. The maximum absolute atomic E-state index is 4.36. The predicted molar refractivity (Wildman–Crippen MR) is 74.7 cm³/mol. The van der Waals surface area contributed by atoms with Crippen LogP contribution >= 0.6 is 0 Å². The Morgan fingerprint density at radius 2 is 1.94 bits per heavy atom. The lowest BCUT2D eigenvalue weighted by Gasteiger charge is -2.14. The fourth-order valence-corrected chi connectivity index (χ4v) is 2.59. The van der Waals surface area contributed by atoms with Gasteiger partial charge in [0.25, 0.3) is 0 Å². The van der Waals surface area contributed by atoms with Crippen LogP contribution in [0.5, 0.6) is 0 Å². The standard InChI is InChI=1S/C16H16N2/c1-2-13(12-7-4-3-5-8-12)15-11-18-16-14(15)9-6-10-17-16/h3-11,13H,2H2,1H3,(H,17,18). The molecule has 0 aliphatic carbocycles. The highest BCUT2D eigenvalue weighted by atomic mass is 14.8. The molecule has 18 heavy (non-hydrogen) atoms. The van der Waals surface area contributed by atoms with Crippen molar-refractivity contribution in [3.05, 3.63) is 66.0 Å². The van der Waals surface area contributed by atoms with Crippen LogP contribution in [-0.2, 0) is 0 Å². The molecule has 1 aromatic carbocycles. The average molecular weight is 236 g/mol. The second-order valence-electron chi connectivity index (χ2n) is 4.52. The zero-order chi connectivity index (χ0) is 12.4. The maximum Gasteiger partial charge on any atom is 0.137 e. The molecule has 0 saturated carbocycles. The number of nitrogens with one attached hydrogen (secondary N) is 1. The zero-order valence-electron chi connectivity index (χ0n) is 10.4. The number of fused-ring (bicyclic) bond motifs is 1. The topological polar surface area (TPSA) is 28.7 Å². The Balaban J connectivity index is 2.12. The number of aromatic amines is 1. The van der Waals surface area contributed by atoms with Crippen molar-refractivity contribution in [3.63, 3.8) is 0 Å². The molecule has 0 radical (unpaired) electrons. The monoisotopic (exact) mass is 236 g/mol. The fourth-order valence-electron chi connectivity index (χ4n) is 2.59. The quantitative estimate of drug-likeness (QED) is 0.728. The minimum Gasteiger partial charge on any atom is -0.346 e. The highest BCUT2D eigenvalue weighted by Gasteiger charge is 2.15. The average Bonchev–Trinajstić information content (AvgIpc) is 2.85. The molecule has 90 valence electrons. The van der Waals surface area contributed by atoms with E-state index in [9.17, 15) is 0 Å². The van der Waals surface area contributed by atoms with Crippen LogP contribution in [0.3, 0.4) is 0 Å². The van der Waals surface area contributed by atoms with Gasteiger partial charge in [-0.15, -0.1) is 0 Å². The summed E-state index contributed by atoms with van der Waals surface area (Å²) >= 11 is 0. The molecule has 3 aromatic rings. The number of hydrogen-bond acceptors (Lipinski definition) is 1. The summed E-state index contributed by atoms with van der Waals surface area (Å²) in [6, 6.07) is 14.8. The lowest BCUT2D eigenvalue weighted by molar-refractivity contribution is 0.783. The van der Waals surface area contributed by atoms with Crippen LogP contribution < -0.4 is 0 Å². The maximum atomic E-state index is 4.36. The van der Waals surface area contributed by atoms with Crippen molar-refractivity contribution in [2.45, 2.75) is 19.3 Å².